The molecule has 0 radical (unpaired) electrons. The first kappa shape index (κ1) is 15.1. The third kappa shape index (κ3) is 2.53. The number of amides is 3. The summed E-state index contributed by atoms with van der Waals surface area (Å²) < 4.78 is 8.32. The van der Waals surface area contributed by atoms with E-state index < -0.39 is 24.5 Å². The summed E-state index contributed by atoms with van der Waals surface area (Å²) in [6.07, 6.45) is 0. The molecule has 122 valence electrons. The smallest absolute Gasteiger partial charge is 0.348 e. The predicted octanol–water partition coefficient (Wildman–Crippen LogP) is 2.82. The summed E-state index contributed by atoms with van der Waals surface area (Å²) in [5.41, 5.74) is 0. The Morgan fingerprint density at radius 1 is 1.21 bits per heavy atom. The van der Waals surface area contributed by atoms with Crippen LogP contribution in [0.3, 0.4) is 0 Å². The molecule has 4 rings (SSSR count). The third-order valence-electron chi connectivity index (χ3n) is 3.74. The number of nitrogens with zero attached hydrogens (tertiary/aromatic N) is 1. The molecule has 0 unspecified atom stereocenters. The Labute approximate surface area is 144 Å². The summed E-state index contributed by atoms with van der Waals surface area (Å²) in [7, 11) is 0. The zero-order valence-electron chi connectivity index (χ0n) is 12.4. The van der Waals surface area contributed by atoms with Crippen LogP contribution in [-0.4, -0.2) is 42.5 Å². The van der Waals surface area contributed by atoms with E-state index in [1.54, 1.807) is 17.4 Å². The molecule has 1 aromatic carbocycles. The van der Waals surface area contributed by atoms with E-state index in [0.29, 0.717) is 18.0 Å². The van der Waals surface area contributed by atoms with Crippen LogP contribution in [0, 0.1) is 0 Å². The quantitative estimate of drug-likeness (QED) is 0.729. The number of nitrogens with one attached hydrogen (secondary N) is 1. The lowest BCUT2D eigenvalue weighted by Gasteiger charge is -2.11. The number of fused-ring (bicyclic) bond motifs is 3. The van der Waals surface area contributed by atoms with Crippen LogP contribution in [0.4, 0.5) is 4.79 Å². The first-order valence-corrected chi connectivity index (χ1v) is 8.93. The SMILES string of the molecule is O=C(OCC(=O)N1CCNC1=O)c1cc2sc3ccccc3c2s1. The number of carbonyl (C=O) groups excluding carboxylic acids is 3. The number of rotatable bonds is 3. The molecule has 2 aromatic heterocycles. The van der Waals surface area contributed by atoms with Gasteiger partial charge in [0, 0.05) is 27.9 Å². The maximum absolute atomic E-state index is 12.2. The highest BCUT2D eigenvalue weighted by atomic mass is 32.1. The summed E-state index contributed by atoms with van der Waals surface area (Å²) in [4.78, 5) is 37.0. The van der Waals surface area contributed by atoms with Crippen molar-refractivity contribution >= 4 is 60.1 Å². The second-order valence-corrected chi connectivity index (χ2v) is 7.39. The minimum Gasteiger partial charge on any atom is -0.451 e. The molecule has 3 amide bonds. The van der Waals surface area contributed by atoms with Crippen molar-refractivity contribution in [3.63, 3.8) is 0 Å². The van der Waals surface area contributed by atoms with E-state index in [4.69, 9.17) is 4.74 Å². The van der Waals surface area contributed by atoms with Crippen LogP contribution in [0.2, 0.25) is 0 Å². The molecular weight excluding hydrogens is 348 g/mol. The van der Waals surface area contributed by atoms with E-state index in [-0.39, 0.29) is 0 Å². The minimum absolute atomic E-state index is 0.302. The highest BCUT2D eigenvalue weighted by molar-refractivity contribution is 7.33. The lowest BCUT2D eigenvalue weighted by atomic mass is 10.2. The number of ether oxygens (including phenoxy) is 1. The number of carbonyl (C=O) groups is 3. The Morgan fingerprint density at radius 2 is 2.04 bits per heavy atom. The molecule has 1 fully saturated rings. The molecular formula is C16H12N2O4S2. The van der Waals surface area contributed by atoms with Gasteiger partial charge in [-0.2, -0.15) is 0 Å². The number of thiophene rings is 2. The Kier molecular flexibility index (Phi) is 3.70. The summed E-state index contributed by atoms with van der Waals surface area (Å²) in [5.74, 6) is -1.05. The standard InChI is InChI=1S/C16H12N2O4S2/c19-13(18-6-5-17-16(18)21)8-22-15(20)12-7-11-14(24-12)9-3-1-2-4-10(9)23-11/h1-4,7H,5-6,8H2,(H,17,21). The molecule has 8 heteroatoms. The molecule has 3 aromatic rings. The third-order valence-corrected chi connectivity index (χ3v) is 6.13. The Bertz CT molecular complexity index is 975. The van der Waals surface area contributed by atoms with Crippen LogP contribution in [0.5, 0.6) is 0 Å². The molecule has 0 bridgehead atoms. The number of hydrogen-bond donors (Lipinski definition) is 1. The van der Waals surface area contributed by atoms with Gasteiger partial charge in [-0.3, -0.25) is 9.69 Å². The Morgan fingerprint density at radius 3 is 2.83 bits per heavy atom. The van der Waals surface area contributed by atoms with Gasteiger partial charge in [0.05, 0.1) is 4.70 Å². The molecule has 0 saturated carbocycles. The van der Waals surface area contributed by atoms with Gasteiger partial charge in [-0.15, -0.1) is 22.7 Å². The molecule has 6 nitrogen and oxygen atoms in total. The van der Waals surface area contributed by atoms with Gasteiger partial charge >= 0.3 is 12.0 Å². The largest absolute Gasteiger partial charge is 0.451 e. The molecule has 3 heterocycles. The fourth-order valence-corrected chi connectivity index (χ4v) is 5.00. The average Bonchev–Trinajstić information content (AvgIpc) is 3.26. The van der Waals surface area contributed by atoms with E-state index in [1.165, 1.54) is 16.0 Å². The van der Waals surface area contributed by atoms with Gasteiger partial charge in [-0.1, -0.05) is 18.2 Å². The summed E-state index contributed by atoms with van der Waals surface area (Å²) in [6, 6.07) is 9.36. The van der Waals surface area contributed by atoms with E-state index >= 15 is 0 Å². The molecule has 0 atom stereocenters. The summed E-state index contributed by atoms with van der Waals surface area (Å²) in [5, 5.41) is 3.65. The molecule has 0 aliphatic carbocycles. The van der Waals surface area contributed by atoms with E-state index in [0.717, 1.165) is 19.7 Å². The topological polar surface area (TPSA) is 75.7 Å². The number of esters is 1. The van der Waals surface area contributed by atoms with E-state index in [9.17, 15) is 14.4 Å². The van der Waals surface area contributed by atoms with Gasteiger partial charge in [0.15, 0.2) is 6.61 Å². The van der Waals surface area contributed by atoms with Crippen LogP contribution in [0.1, 0.15) is 9.67 Å². The first-order chi connectivity index (χ1) is 11.6. The second kappa shape index (κ2) is 5.88. The van der Waals surface area contributed by atoms with Gasteiger partial charge in [0.25, 0.3) is 5.91 Å². The van der Waals surface area contributed by atoms with Crippen LogP contribution in [0.15, 0.2) is 30.3 Å². The summed E-state index contributed by atoms with van der Waals surface area (Å²) >= 11 is 2.98. The van der Waals surface area contributed by atoms with Gasteiger partial charge in [0.1, 0.15) is 4.88 Å². The normalized spacial score (nSPS) is 14.3. The fourth-order valence-electron chi connectivity index (χ4n) is 2.59. The van der Waals surface area contributed by atoms with Crippen LogP contribution < -0.4 is 5.32 Å². The highest BCUT2D eigenvalue weighted by Gasteiger charge is 2.27. The van der Waals surface area contributed by atoms with Crippen LogP contribution in [-0.2, 0) is 9.53 Å². The maximum Gasteiger partial charge on any atom is 0.348 e. The lowest BCUT2D eigenvalue weighted by Crippen LogP contribution is -2.37. The van der Waals surface area contributed by atoms with Crippen molar-refractivity contribution in [2.24, 2.45) is 0 Å². The highest BCUT2D eigenvalue weighted by Crippen LogP contribution is 2.39. The molecule has 1 N–H and O–H groups in total. The van der Waals surface area contributed by atoms with Crippen molar-refractivity contribution in [2.45, 2.75) is 0 Å². The fraction of sp³-hybridized carbons (Fsp3) is 0.188. The van der Waals surface area contributed by atoms with Gasteiger partial charge in [-0.05, 0) is 12.1 Å². The monoisotopic (exact) mass is 360 g/mol. The predicted molar refractivity (Wildman–Crippen MR) is 92.6 cm³/mol. The van der Waals surface area contributed by atoms with Crippen molar-refractivity contribution in [3.05, 3.63) is 35.2 Å². The molecule has 1 saturated heterocycles. The minimum atomic E-state index is -0.541. The summed E-state index contributed by atoms with van der Waals surface area (Å²) in [6.45, 7) is 0.293. The molecule has 1 aliphatic heterocycles. The van der Waals surface area contributed by atoms with E-state index in [2.05, 4.69) is 5.32 Å². The zero-order chi connectivity index (χ0) is 16.7. The van der Waals surface area contributed by atoms with Gasteiger partial charge < -0.3 is 10.1 Å². The molecule has 0 spiro atoms. The number of imide groups is 1. The Balaban J connectivity index is 1.49. The van der Waals surface area contributed by atoms with Crippen LogP contribution in [0.25, 0.3) is 19.5 Å². The molecule has 1 aliphatic rings. The van der Waals surface area contributed by atoms with Gasteiger partial charge in [-0.25, -0.2) is 9.59 Å². The average molecular weight is 360 g/mol. The van der Waals surface area contributed by atoms with Crippen LogP contribution >= 0.6 is 22.7 Å². The number of benzene rings is 1. The zero-order valence-corrected chi connectivity index (χ0v) is 14.0. The van der Waals surface area contributed by atoms with Crippen molar-refractivity contribution in [3.8, 4) is 0 Å². The first-order valence-electron chi connectivity index (χ1n) is 7.30. The van der Waals surface area contributed by atoms with E-state index in [1.807, 2.05) is 24.3 Å². The van der Waals surface area contributed by atoms with Gasteiger partial charge in [0.2, 0.25) is 0 Å². The van der Waals surface area contributed by atoms with Crippen molar-refractivity contribution in [1.82, 2.24) is 10.2 Å². The number of urea groups is 1. The second-order valence-electron chi connectivity index (χ2n) is 5.26. The lowest BCUT2D eigenvalue weighted by molar-refractivity contribution is -0.130. The maximum atomic E-state index is 12.2. The van der Waals surface area contributed by atoms with Crippen molar-refractivity contribution < 1.29 is 19.1 Å². The Hall–Kier alpha value is -2.45. The molecule has 24 heavy (non-hydrogen) atoms. The van der Waals surface area contributed by atoms with Crippen molar-refractivity contribution in [2.75, 3.05) is 19.7 Å². The number of hydrogen-bond acceptors (Lipinski definition) is 6. The van der Waals surface area contributed by atoms with Crippen molar-refractivity contribution in [1.29, 1.82) is 0 Å².